The van der Waals surface area contributed by atoms with E-state index in [2.05, 4.69) is 74.3 Å². The lowest BCUT2D eigenvalue weighted by Gasteiger charge is -2.49. The molecule has 0 aromatic carbocycles. The monoisotopic (exact) mass is 310 g/mol. The summed E-state index contributed by atoms with van der Waals surface area (Å²) in [6.45, 7) is 0. The predicted molar refractivity (Wildman–Crippen MR) is 98.7 cm³/mol. The van der Waals surface area contributed by atoms with Gasteiger partial charge in [0.25, 0.3) is 0 Å². The maximum atomic E-state index is 2.35. The highest BCUT2D eigenvalue weighted by atomic mass is 14.6. The van der Waals surface area contributed by atoms with Crippen LogP contribution in [0.3, 0.4) is 0 Å². The molecule has 5 aliphatic carbocycles. The first-order valence-electron chi connectivity index (χ1n) is 9.19. The lowest BCUT2D eigenvalue weighted by molar-refractivity contribution is 0.239. The molecule has 0 heteroatoms. The Morgan fingerprint density at radius 1 is 0.583 bits per heavy atom. The van der Waals surface area contributed by atoms with Gasteiger partial charge in [-0.05, 0) is 49.9 Å². The Hall–Kier alpha value is -1.04. The van der Waals surface area contributed by atoms with E-state index < -0.39 is 0 Å². The molecule has 0 unspecified atom stereocenters. The van der Waals surface area contributed by atoms with Crippen LogP contribution in [-0.4, -0.2) is 0 Å². The van der Waals surface area contributed by atoms with E-state index in [1.807, 2.05) is 0 Å². The van der Waals surface area contributed by atoms with E-state index in [9.17, 15) is 0 Å². The van der Waals surface area contributed by atoms with Gasteiger partial charge in [-0.2, -0.15) is 0 Å². The van der Waals surface area contributed by atoms with Crippen molar-refractivity contribution in [2.24, 2.45) is 5.41 Å². The number of allylic oxidation sites excluding steroid dienone is 8. The van der Waals surface area contributed by atoms with Crippen molar-refractivity contribution in [1.82, 2.24) is 0 Å². The number of fused-ring (bicyclic) bond motifs is 3. The molecule has 0 heterocycles. The second kappa shape index (κ2) is 6.04. The Morgan fingerprint density at radius 2 is 1.08 bits per heavy atom. The minimum Gasteiger partial charge on any atom is -0.0758 e. The van der Waals surface area contributed by atoms with Crippen molar-refractivity contribution in [1.29, 1.82) is 0 Å². The van der Waals surface area contributed by atoms with Crippen molar-refractivity contribution in [3.8, 4) is 0 Å². The molecule has 0 atom stereocenters. The van der Waals surface area contributed by atoms with Gasteiger partial charge in [0, 0.05) is 29.6 Å². The fraction of sp³-hybridized carbons (Fsp3) is 0.250. The van der Waals surface area contributed by atoms with E-state index in [1.165, 1.54) is 61.7 Å². The molecule has 0 nitrogen and oxygen atoms in total. The van der Waals surface area contributed by atoms with Gasteiger partial charge in [-0.3, -0.25) is 0 Å². The second-order valence-electron chi connectivity index (χ2n) is 7.28. The highest BCUT2D eigenvalue weighted by molar-refractivity contribution is 5.79. The maximum absolute atomic E-state index is 2.35. The second-order valence-corrected chi connectivity index (χ2v) is 7.28. The molecule has 0 saturated heterocycles. The minimum absolute atomic E-state index is 0.185. The van der Waals surface area contributed by atoms with Crippen LogP contribution in [0.25, 0.3) is 0 Å². The molecule has 0 spiro atoms. The Bertz CT molecular complexity index is 543. The van der Waals surface area contributed by atoms with Gasteiger partial charge in [0.05, 0.1) is 0 Å². The fourth-order valence-corrected chi connectivity index (χ4v) is 5.06. The average molecular weight is 310 g/mol. The first kappa shape index (κ1) is 15.2. The summed E-state index contributed by atoms with van der Waals surface area (Å²) in [5.41, 5.74) is 0.185. The third kappa shape index (κ3) is 2.18. The molecule has 3 saturated carbocycles. The van der Waals surface area contributed by atoms with E-state index in [0.717, 1.165) is 0 Å². The Kier molecular flexibility index (Phi) is 3.83. The Balaban J connectivity index is 1.58. The van der Waals surface area contributed by atoms with E-state index >= 15 is 0 Å². The molecule has 0 bridgehead atoms. The summed E-state index contributed by atoms with van der Waals surface area (Å²) in [7, 11) is 0. The molecule has 118 valence electrons. The number of rotatable bonds is 2. The number of hydrogen-bond donors (Lipinski definition) is 0. The van der Waals surface area contributed by atoms with Crippen LogP contribution >= 0.6 is 0 Å². The molecule has 0 aromatic rings. The third-order valence-corrected chi connectivity index (χ3v) is 6.08. The summed E-state index contributed by atoms with van der Waals surface area (Å²) in [6, 6.07) is 0. The third-order valence-electron chi connectivity index (χ3n) is 6.08. The van der Waals surface area contributed by atoms with Gasteiger partial charge in [0.2, 0.25) is 0 Å². The SMILES string of the molecule is [CH]1[CH][CH][C](C2([C]3[C]4C=CC=C[C]4[C]4C=CC=C[C]43)CCCCC2)[CH]1. The summed E-state index contributed by atoms with van der Waals surface area (Å²) in [6.07, 6.45) is 33.7. The van der Waals surface area contributed by atoms with Crippen LogP contribution in [0.4, 0.5) is 0 Å². The minimum atomic E-state index is 0.185. The van der Waals surface area contributed by atoms with Crippen LogP contribution in [0.5, 0.6) is 0 Å². The molecule has 10 radical (unpaired) electrons. The Labute approximate surface area is 147 Å². The van der Waals surface area contributed by atoms with Gasteiger partial charge in [0.15, 0.2) is 0 Å². The van der Waals surface area contributed by atoms with Crippen LogP contribution in [0, 0.1) is 66.6 Å². The molecular formula is C24H22. The van der Waals surface area contributed by atoms with Crippen molar-refractivity contribution in [3.05, 3.63) is 110 Å². The van der Waals surface area contributed by atoms with Gasteiger partial charge >= 0.3 is 0 Å². The molecule has 0 N–H and O–H groups in total. The van der Waals surface area contributed by atoms with Gasteiger partial charge in [0.1, 0.15) is 0 Å². The average Bonchev–Trinajstić information content (AvgIpc) is 3.29. The highest BCUT2D eigenvalue weighted by Gasteiger charge is 2.60. The van der Waals surface area contributed by atoms with Crippen LogP contribution in [0.15, 0.2) is 48.6 Å². The Morgan fingerprint density at radius 3 is 1.62 bits per heavy atom. The normalized spacial score (nSPS) is 31.8. The topological polar surface area (TPSA) is 0 Å². The summed E-state index contributed by atoms with van der Waals surface area (Å²) in [4.78, 5) is 0. The molecule has 5 aliphatic rings. The van der Waals surface area contributed by atoms with Crippen molar-refractivity contribution in [2.75, 3.05) is 0 Å². The van der Waals surface area contributed by atoms with E-state index in [0.29, 0.717) is 0 Å². The number of hydrogen-bond acceptors (Lipinski definition) is 0. The van der Waals surface area contributed by atoms with Gasteiger partial charge < -0.3 is 0 Å². The molecule has 0 amide bonds. The zero-order valence-electron chi connectivity index (χ0n) is 14.0. The first-order valence-corrected chi connectivity index (χ1v) is 9.19. The lowest BCUT2D eigenvalue weighted by Crippen LogP contribution is -2.40. The van der Waals surface area contributed by atoms with Crippen LogP contribution in [0.1, 0.15) is 32.1 Å². The maximum Gasteiger partial charge on any atom is 0.0209 e. The predicted octanol–water partition coefficient (Wildman–Crippen LogP) is 5.48. The zero-order valence-corrected chi connectivity index (χ0v) is 14.0. The van der Waals surface area contributed by atoms with Crippen LogP contribution in [0.2, 0.25) is 0 Å². The zero-order chi connectivity index (χ0) is 16.0. The van der Waals surface area contributed by atoms with E-state index in [4.69, 9.17) is 0 Å². The van der Waals surface area contributed by atoms with Crippen molar-refractivity contribution < 1.29 is 0 Å². The van der Waals surface area contributed by atoms with Crippen LogP contribution < -0.4 is 0 Å². The summed E-state index contributed by atoms with van der Waals surface area (Å²) < 4.78 is 0. The lowest BCUT2D eigenvalue weighted by atomic mass is 9.53. The molecule has 3 fully saturated rings. The smallest absolute Gasteiger partial charge is 0.0209 e. The molecule has 0 aliphatic heterocycles. The molecule has 0 aromatic heterocycles. The quantitative estimate of drug-likeness (QED) is 0.633. The van der Waals surface area contributed by atoms with E-state index in [1.54, 1.807) is 5.92 Å². The van der Waals surface area contributed by atoms with E-state index in [-0.39, 0.29) is 5.41 Å². The summed E-state index contributed by atoms with van der Waals surface area (Å²) in [5.74, 6) is 8.85. The molecular weight excluding hydrogens is 288 g/mol. The summed E-state index contributed by atoms with van der Waals surface area (Å²) >= 11 is 0. The summed E-state index contributed by atoms with van der Waals surface area (Å²) in [5, 5.41) is 0. The highest BCUT2D eigenvalue weighted by Crippen LogP contribution is 2.69. The fourth-order valence-electron chi connectivity index (χ4n) is 5.06. The van der Waals surface area contributed by atoms with Crippen molar-refractivity contribution in [2.45, 2.75) is 32.1 Å². The van der Waals surface area contributed by atoms with Gasteiger partial charge in [-0.25, -0.2) is 0 Å². The standard InChI is InChI=1S/C24H22/c1-8-16-24(17-9-1,18-10-2-3-11-18)23-21-14-6-4-12-19(21)20-13-5-7-15-22(20)23/h2-7,10-15H,1,8-9,16-17H2. The first-order chi connectivity index (χ1) is 11.9. The molecule has 5 rings (SSSR count). The van der Waals surface area contributed by atoms with Crippen LogP contribution in [-0.2, 0) is 0 Å². The largest absolute Gasteiger partial charge is 0.0758 e. The van der Waals surface area contributed by atoms with Crippen molar-refractivity contribution in [3.63, 3.8) is 0 Å². The van der Waals surface area contributed by atoms with Gasteiger partial charge in [-0.15, -0.1) is 0 Å². The molecule has 24 heavy (non-hydrogen) atoms. The van der Waals surface area contributed by atoms with Crippen molar-refractivity contribution >= 4 is 0 Å². The van der Waals surface area contributed by atoms with Gasteiger partial charge in [-0.1, -0.05) is 67.9 Å².